The maximum absolute atomic E-state index is 12.7. The Labute approximate surface area is 160 Å². The van der Waals surface area contributed by atoms with Crippen LogP contribution in [0.15, 0.2) is 10.9 Å². The van der Waals surface area contributed by atoms with E-state index in [9.17, 15) is 13.2 Å². The van der Waals surface area contributed by atoms with E-state index in [0.717, 1.165) is 49.8 Å². The van der Waals surface area contributed by atoms with Crippen molar-refractivity contribution in [3.05, 3.63) is 27.7 Å². The Morgan fingerprint density at radius 1 is 1.04 bits per heavy atom. The van der Waals surface area contributed by atoms with Gasteiger partial charge in [0.25, 0.3) is 15.8 Å². The molecule has 0 N–H and O–H groups in total. The highest BCUT2D eigenvalue weighted by Gasteiger charge is 2.34. The van der Waals surface area contributed by atoms with Gasteiger partial charge in [-0.2, -0.15) is 22.1 Å². The number of hydrogen-bond donors (Lipinski definition) is 0. The molecule has 150 valence electrons. The number of morpholine rings is 1. The molecule has 0 spiro atoms. The number of hydrogen-bond acceptors (Lipinski definition) is 5. The van der Waals surface area contributed by atoms with Gasteiger partial charge in [-0.05, 0) is 50.0 Å². The smallest absolute Gasteiger partial charge is 0.282 e. The second-order valence-corrected chi connectivity index (χ2v) is 9.63. The van der Waals surface area contributed by atoms with Crippen LogP contribution >= 0.6 is 0 Å². The third-order valence-corrected chi connectivity index (χ3v) is 7.94. The van der Waals surface area contributed by atoms with E-state index in [0.29, 0.717) is 45.9 Å². The van der Waals surface area contributed by atoms with Crippen molar-refractivity contribution in [1.82, 2.24) is 18.4 Å². The summed E-state index contributed by atoms with van der Waals surface area (Å²) in [5.74, 6) is 0.285. The number of aromatic nitrogens is 2. The van der Waals surface area contributed by atoms with Crippen LogP contribution in [0.1, 0.15) is 36.9 Å². The molecular weight excluding hydrogens is 368 g/mol. The molecular formula is C18H28N4O4S. The standard InChI is InChI=1S/C18H28N4O4S/c23-18-13-16-3-1-2-4-17(16)19-22(18)14-15-5-7-20(8-6-15)27(24,25)21-9-11-26-12-10-21/h13,15H,1-12,14H2. The summed E-state index contributed by atoms with van der Waals surface area (Å²) in [5.41, 5.74) is 2.14. The first kappa shape index (κ1) is 19.0. The Balaban J connectivity index is 1.38. The van der Waals surface area contributed by atoms with Crippen molar-refractivity contribution in [1.29, 1.82) is 0 Å². The molecule has 0 saturated carbocycles. The van der Waals surface area contributed by atoms with Crippen LogP contribution in [-0.4, -0.2) is 66.2 Å². The van der Waals surface area contributed by atoms with E-state index in [4.69, 9.17) is 4.74 Å². The van der Waals surface area contributed by atoms with E-state index < -0.39 is 10.2 Å². The lowest BCUT2D eigenvalue weighted by molar-refractivity contribution is 0.0691. The Kier molecular flexibility index (Phi) is 5.63. The molecule has 0 atom stereocenters. The Hall–Kier alpha value is -1.29. The van der Waals surface area contributed by atoms with Crippen molar-refractivity contribution in [2.75, 3.05) is 39.4 Å². The van der Waals surface area contributed by atoms with E-state index in [1.807, 2.05) is 0 Å². The predicted octanol–water partition coefficient (Wildman–Crippen LogP) is 0.411. The molecule has 1 aliphatic carbocycles. The lowest BCUT2D eigenvalue weighted by Crippen LogP contribution is -2.51. The number of fused-ring (bicyclic) bond motifs is 1. The number of aryl methyl sites for hydroxylation is 2. The van der Waals surface area contributed by atoms with Crippen LogP contribution < -0.4 is 5.56 Å². The Bertz CT molecular complexity index is 824. The molecule has 0 amide bonds. The average Bonchev–Trinajstić information content (AvgIpc) is 2.70. The van der Waals surface area contributed by atoms with Crippen LogP contribution in [0.25, 0.3) is 0 Å². The van der Waals surface area contributed by atoms with Gasteiger partial charge < -0.3 is 4.74 Å². The van der Waals surface area contributed by atoms with Crippen LogP contribution in [0.2, 0.25) is 0 Å². The number of piperidine rings is 1. The van der Waals surface area contributed by atoms with Gasteiger partial charge >= 0.3 is 0 Å². The molecule has 2 aliphatic heterocycles. The van der Waals surface area contributed by atoms with Crippen LogP contribution in [0.4, 0.5) is 0 Å². The molecule has 27 heavy (non-hydrogen) atoms. The molecule has 0 aromatic carbocycles. The van der Waals surface area contributed by atoms with Gasteiger partial charge in [0.1, 0.15) is 0 Å². The lowest BCUT2D eigenvalue weighted by atomic mass is 9.96. The molecule has 2 saturated heterocycles. The van der Waals surface area contributed by atoms with Crippen LogP contribution in [0, 0.1) is 5.92 Å². The summed E-state index contributed by atoms with van der Waals surface area (Å²) < 4.78 is 35.4. The quantitative estimate of drug-likeness (QED) is 0.736. The maximum Gasteiger partial charge on any atom is 0.282 e. The molecule has 3 aliphatic rings. The van der Waals surface area contributed by atoms with Crippen LogP contribution in [-0.2, 0) is 34.3 Å². The fraction of sp³-hybridized carbons (Fsp3) is 0.778. The predicted molar refractivity (Wildman–Crippen MR) is 101 cm³/mol. The van der Waals surface area contributed by atoms with E-state index in [1.165, 1.54) is 4.31 Å². The van der Waals surface area contributed by atoms with Gasteiger partial charge in [0, 0.05) is 38.8 Å². The molecule has 1 aromatic heterocycles. The van der Waals surface area contributed by atoms with Crippen LogP contribution in [0.5, 0.6) is 0 Å². The van der Waals surface area contributed by atoms with E-state index in [2.05, 4.69) is 5.10 Å². The molecule has 9 heteroatoms. The molecule has 1 aromatic rings. The van der Waals surface area contributed by atoms with Crippen LogP contribution in [0.3, 0.4) is 0 Å². The minimum absolute atomic E-state index is 0.0287. The average molecular weight is 397 g/mol. The topological polar surface area (TPSA) is 84.7 Å². The molecule has 3 heterocycles. The highest BCUT2D eigenvalue weighted by atomic mass is 32.2. The zero-order chi connectivity index (χ0) is 18.9. The summed E-state index contributed by atoms with van der Waals surface area (Å²) in [4.78, 5) is 12.4. The van der Waals surface area contributed by atoms with Gasteiger partial charge in [-0.3, -0.25) is 4.79 Å². The summed E-state index contributed by atoms with van der Waals surface area (Å²) in [6.07, 6.45) is 5.69. The highest BCUT2D eigenvalue weighted by molar-refractivity contribution is 7.86. The Morgan fingerprint density at radius 2 is 1.70 bits per heavy atom. The fourth-order valence-electron chi connectivity index (χ4n) is 4.24. The van der Waals surface area contributed by atoms with Crippen molar-refractivity contribution < 1.29 is 13.2 Å². The number of ether oxygens (including phenoxy) is 1. The van der Waals surface area contributed by atoms with E-state index in [-0.39, 0.29) is 11.5 Å². The zero-order valence-corrected chi connectivity index (χ0v) is 16.5. The van der Waals surface area contributed by atoms with Gasteiger partial charge in [0.2, 0.25) is 0 Å². The number of nitrogens with zero attached hydrogens (tertiary/aromatic N) is 4. The van der Waals surface area contributed by atoms with Crippen molar-refractivity contribution >= 4 is 10.2 Å². The largest absolute Gasteiger partial charge is 0.379 e. The zero-order valence-electron chi connectivity index (χ0n) is 15.7. The van der Waals surface area contributed by atoms with Crippen molar-refractivity contribution in [2.45, 2.75) is 45.1 Å². The summed E-state index contributed by atoms with van der Waals surface area (Å²) in [6, 6.07) is 1.75. The molecule has 0 bridgehead atoms. The monoisotopic (exact) mass is 396 g/mol. The summed E-state index contributed by atoms with van der Waals surface area (Å²) in [5, 5.41) is 4.60. The summed E-state index contributed by atoms with van der Waals surface area (Å²) >= 11 is 0. The second-order valence-electron chi connectivity index (χ2n) is 7.71. The van der Waals surface area contributed by atoms with Gasteiger partial charge in [-0.25, -0.2) is 4.68 Å². The van der Waals surface area contributed by atoms with Gasteiger partial charge in [0.15, 0.2) is 0 Å². The fourth-order valence-corrected chi connectivity index (χ4v) is 5.85. The second kappa shape index (κ2) is 7.98. The van der Waals surface area contributed by atoms with Gasteiger partial charge in [0.05, 0.1) is 18.9 Å². The molecule has 0 unspecified atom stereocenters. The molecule has 2 fully saturated rings. The highest BCUT2D eigenvalue weighted by Crippen LogP contribution is 2.23. The first-order chi connectivity index (χ1) is 13.0. The lowest BCUT2D eigenvalue weighted by Gasteiger charge is -2.36. The minimum atomic E-state index is -3.40. The first-order valence-electron chi connectivity index (χ1n) is 9.97. The SMILES string of the molecule is O=c1cc2c(nn1CC1CCN(S(=O)(=O)N3CCOCC3)CC1)CCCC2. The first-order valence-corrected chi connectivity index (χ1v) is 11.4. The van der Waals surface area contributed by atoms with E-state index in [1.54, 1.807) is 15.1 Å². The summed E-state index contributed by atoms with van der Waals surface area (Å²) in [7, 11) is -3.40. The molecule has 4 rings (SSSR count). The maximum atomic E-state index is 12.7. The third-order valence-electron chi connectivity index (χ3n) is 5.90. The normalized spacial score (nSPS) is 23.3. The third kappa shape index (κ3) is 4.11. The number of rotatable bonds is 4. The Morgan fingerprint density at radius 3 is 2.44 bits per heavy atom. The van der Waals surface area contributed by atoms with Crippen molar-refractivity contribution in [3.8, 4) is 0 Å². The van der Waals surface area contributed by atoms with Gasteiger partial charge in [-0.1, -0.05) is 0 Å². The van der Waals surface area contributed by atoms with Crippen molar-refractivity contribution in [2.24, 2.45) is 5.92 Å². The summed E-state index contributed by atoms with van der Waals surface area (Å²) in [6.45, 7) is 3.37. The molecule has 8 nitrogen and oxygen atoms in total. The minimum Gasteiger partial charge on any atom is -0.379 e. The van der Waals surface area contributed by atoms with Gasteiger partial charge in [-0.15, -0.1) is 0 Å². The van der Waals surface area contributed by atoms with Crippen molar-refractivity contribution in [3.63, 3.8) is 0 Å². The molecule has 0 radical (unpaired) electrons. The van der Waals surface area contributed by atoms with E-state index >= 15 is 0 Å².